The molecule has 1 aromatic rings. The van der Waals surface area contributed by atoms with Crippen molar-refractivity contribution in [2.75, 3.05) is 0 Å². The van der Waals surface area contributed by atoms with E-state index in [0.717, 1.165) is 22.3 Å². The van der Waals surface area contributed by atoms with E-state index in [9.17, 15) is 5.11 Å². The van der Waals surface area contributed by atoms with Gasteiger partial charge in [0.1, 0.15) is 0 Å². The van der Waals surface area contributed by atoms with E-state index in [4.69, 9.17) is 0 Å². The standard InChI is InChI=1S/C14H21NOS/c1-2-13(16)11-8-9-14(15-10-11)17-12-6-4-3-5-7-12/h8-10,12-13,16H,2-7H2,1H3/t13-/m0/s1. The Morgan fingerprint density at radius 3 is 2.71 bits per heavy atom. The average molecular weight is 251 g/mol. The first kappa shape index (κ1) is 12.9. The van der Waals surface area contributed by atoms with Gasteiger partial charge >= 0.3 is 0 Å². The van der Waals surface area contributed by atoms with Gasteiger partial charge in [0.05, 0.1) is 11.1 Å². The molecule has 2 rings (SSSR count). The monoisotopic (exact) mass is 251 g/mol. The van der Waals surface area contributed by atoms with Gasteiger partial charge in [-0.05, 0) is 30.9 Å². The van der Waals surface area contributed by atoms with E-state index in [2.05, 4.69) is 4.98 Å². The summed E-state index contributed by atoms with van der Waals surface area (Å²) < 4.78 is 0. The van der Waals surface area contributed by atoms with Gasteiger partial charge < -0.3 is 5.11 Å². The van der Waals surface area contributed by atoms with Gasteiger partial charge in [-0.25, -0.2) is 4.98 Å². The molecule has 1 saturated carbocycles. The molecule has 1 atom stereocenters. The molecular formula is C14H21NOS. The van der Waals surface area contributed by atoms with Crippen LogP contribution in [-0.2, 0) is 0 Å². The van der Waals surface area contributed by atoms with E-state index in [1.54, 1.807) is 0 Å². The number of aliphatic hydroxyl groups is 1. The van der Waals surface area contributed by atoms with Crippen LogP contribution in [0.1, 0.15) is 57.1 Å². The van der Waals surface area contributed by atoms with Crippen molar-refractivity contribution in [3.05, 3.63) is 23.9 Å². The Balaban J connectivity index is 1.93. The van der Waals surface area contributed by atoms with Crippen molar-refractivity contribution in [3.63, 3.8) is 0 Å². The van der Waals surface area contributed by atoms with E-state index in [0.29, 0.717) is 0 Å². The molecule has 0 amide bonds. The van der Waals surface area contributed by atoms with Crippen LogP contribution in [0.15, 0.2) is 23.4 Å². The molecule has 0 spiro atoms. The maximum absolute atomic E-state index is 9.69. The molecule has 1 heterocycles. The summed E-state index contributed by atoms with van der Waals surface area (Å²) in [6.07, 6.45) is 8.98. The molecule has 0 aliphatic heterocycles. The van der Waals surface area contributed by atoms with Crippen molar-refractivity contribution in [3.8, 4) is 0 Å². The third-order valence-electron chi connectivity index (χ3n) is 3.37. The van der Waals surface area contributed by atoms with Crippen LogP contribution in [0.3, 0.4) is 0 Å². The van der Waals surface area contributed by atoms with E-state index < -0.39 is 0 Å². The molecule has 0 bridgehead atoms. The highest BCUT2D eigenvalue weighted by atomic mass is 32.2. The fourth-order valence-electron chi connectivity index (χ4n) is 2.25. The van der Waals surface area contributed by atoms with Crippen LogP contribution < -0.4 is 0 Å². The maximum Gasteiger partial charge on any atom is 0.0962 e. The predicted octanol–water partition coefficient (Wildman–Crippen LogP) is 3.95. The molecule has 1 N–H and O–H groups in total. The number of aliphatic hydroxyl groups excluding tert-OH is 1. The quantitative estimate of drug-likeness (QED) is 0.879. The molecule has 0 radical (unpaired) electrons. The minimum atomic E-state index is -0.365. The fourth-order valence-corrected chi connectivity index (χ4v) is 3.42. The SMILES string of the molecule is CC[C@H](O)c1ccc(SC2CCCCC2)nc1. The Morgan fingerprint density at radius 2 is 2.12 bits per heavy atom. The van der Waals surface area contributed by atoms with Crippen molar-refractivity contribution < 1.29 is 5.11 Å². The van der Waals surface area contributed by atoms with Gasteiger partial charge in [-0.3, -0.25) is 0 Å². The Labute approximate surface area is 108 Å². The van der Waals surface area contributed by atoms with Gasteiger partial charge in [0, 0.05) is 11.4 Å². The Hall–Kier alpha value is -0.540. The average Bonchev–Trinajstić information content (AvgIpc) is 2.40. The first-order valence-electron chi connectivity index (χ1n) is 6.60. The highest BCUT2D eigenvalue weighted by Crippen LogP contribution is 2.32. The second-order valence-corrected chi connectivity index (χ2v) is 6.05. The fraction of sp³-hybridized carbons (Fsp3) is 0.643. The Kier molecular flexibility index (Phi) is 4.86. The van der Waals surface area contributed by atoms with E-state index >= 15 is 0 Å². The molecular weight excluding hydrogens is 230 g/mol. The maximum atomic E-state index is 9.69. The van der Waals surface area contributed by atoms with Gasteiger partial charge in [-0.2, -0.15) is 0 Å². The van der Waals surface area contributed by atoms with Crippen molar-refractivity contribution >= 4 is 11.8 Å². The Morgan fingerprint density at radius 1 is 1.35 bits per heavy atom. The second-order valence-electron chi connectivity index (χ2n) is 4.73. The number of pyridine rings is 1. The van der Waals surface area contributed by atoms with Crippen LogP contribution in [0.25, 0.3) is 0 Å². The van der Waals surface area contributed by atoms with E-state index in [-0.39, 0.29) is 6.10 Å². The van der Waals surface area contributed by atoms with Crippen LogP contribution in [0.5, 0.6) is 0 Å². The third kappa shape index (κ3) is 3.71. The normalized spacial score (nSPS) is 19.2. The molecule has 3 heteroatoms. The number of hydrogen-bond donors (Lipinski definition) is 1. The number of rotatable bonds is 4. The molecule has 0 aromatic carbocycles. The topological polar surface area (TPSA) is 33.1 Å². The molecule has 1 fully saturated rings. The lowest BCUT2D eigenvalue weighted by Crippen LogP contribution is -2.08. The molecule has 1 aliphatic rings. The first-order chi connectivity index (χ1) is 8.29. The number of nitrogens with zero attached hydrogens (tertiary/aromatic N) is 1. The molecule has 0 unspecified atom stereocenters. The molecule has 1 aliphatic carbocycles. The number of hydrogen-bond acceptors (Lipinski definition) is 3. The highest BCUT2D eigenvalue weighted by molar-refractivity contribution is 7.99. The zero-order valence-corrected chi connectivity index (χ0v) is 11.2. The van der Waals surface area contributed by atoms with Gasteiger partial charge in [0.25, 0.3) is 0 Å². The van der Waals surface area contributed by atoms with Crippen LogP contribution in [0, 0.1) is 0 Å². The van der Waals surface area contributed by atoms with Crippen LogP contribution >= 0.6 is 11.8 Å². The summed E-state index contributed by atoms with van der Waals surface area (Å²) in [4.78, 5) is 4.44. The van der Waals surface area contributed by atoms with Gasteiger partial charge in [0.15, 0.2) is 0 Å². The second kappa shape index (κ2) is 6.41. The summed E-state index contributed by atoms with van der Waals surface area (Å²) in [5.41, 5.74) is 0.931. The molecule has 2 nitrogen and oxygen atoms in total. The highest BCUT2D eigenvalue weighted by Gasteiger charge is 2.15. The van der Waals surface area contributed by atoms with Crippen LogP contribution in [0.2, 0.25) is 0 Å². The predicted molar refractivity (Wildman–Crippen MR) is 72.2 cm³/mol. The summed E-state index contributed by atoms with van der Waals surface area (Å²) in [6, 6.07) is 4.06. The summed E-state index contributed by atoms with van der Waals surface area (Å²) in [7, 11) is 0. The molecule has 1 aromatic heterocycles. The van der Waals surface area contributed by atoms with Crippen LogP contribution in [-0.4, -0.2) is 15.3 Å². The zero-order valence-electron chi connectivity index (χ0n) is 10.4. The minimum Gasteiger partial charge on any atom is -0.388 e. The zero-order chi connectivity index (χ0) is 12.1. The van der Waals surface area contributed by atoms with Crippen molar-refractivity contribution in [2.24, 2.45) is 0 Å². The van der Waals surface area contributed by atoms with E-state index in [1.807, 2.05) is 37.0 Å². The third-order valence-corrected chi connectivity index (χ3v) is 4.66. The molecule has 94 valence electrons. The van der Waals surface area contributed by atoms with E-state index in [1.165, 1.54) is 32.1 Å². The lowest BCUT2D eigenvalue weighted by Gasteiger charge is -2.20. The summed E-state index contributed by atoms with van der Waals surface area (Å²) >= 11 is 1.90. The Bertz CT molecular complexity index is 333. The minimum absolute atomic E-state index is 0.365. The van der Waals surface area contributed by atoms with Crippen molar-refractivity contribution in [2.45, 2.75) is 61.8 Å². The van der Waals surface area contributed by atoms with Crippen LogP contribution in [0.4, 0.5) is 0 Å². The van der Waals surface area contributed by atoms with Gasteiger partial charge in [-0.1, -0.05) is 32.3 Å². The summed E-state index contributed by atoms with van der Waals surface area (Å²) in [6.45, 7) is 1.98. The summed E-state index contributed by atoms with van der Waals surface area (Å²) in [5.74, 6) is 0. The lowest BCUT2D eigenvalue weighted by molar-refractivity contribution is 0.173. The number of aromatic nitrogens is 1. The summed E-state index contributed by atoms with van der Waals surface area (Å²) in [5, 5.41) is 11.5. The molecule has 0 saturated heterocycles. The largest absolute Gasteiger partial charge is 0.388 e. The van der Waals surface area contributed by atoms with Crippen molar-refractivity contribution in [1.29, 1.82) is 0 Å². The molecule has 17 heavy (non-hydrogen) atoms. The van der Waals surface area contributed by atoms with Gasteiger partial charge in [0.2, 0.25) is 0 Å². The van der Waals surface area contributed by atoms with Gasteiger partial charge in [-0.15, -0.1) is 11.8 Å². The number of thioether (sulfide) groups is 1. The smallest absolute Gasteiger partial charge is 0.0962 e. The van der Waals surface area contributed by atoms with Crippen molar-refractivity contribution in [1.82, 2.24) is 4.98 Å². The lowest BCUT2D eigenvalue weighted by atomic mass is 10.0. The first-order valence-corrected chi connectivity index (χ1v) is 7.48.